The lowest BCUT2D eigenvalue weighted by Crippen LogP contribution is -2.12. The molecule has 1 atom stereocenters. The number of nitrogens with two attached hydrogens (primary N) is 1. The van der Waals surface area contributed by atoms with Crippen molar-refractivity contribution < 1.29 is 9.90 Å². The van der Waals surface area contributed by atoms with E-state index in [-0.39, 0.29) is 5.56 Å². The van der Waals surface area contributed by atoms with Gasteiger partial charge in [0.2, 0.25) is 0 Å². The summed E-state index contributed by atoms with van der Waals surface area (Å²) < 4.78 is 0. The second-order valence-corrected chi connectivity index (χ2v) is 3.16. The summed E-state index contributed by atoms with van der Waals surface area (Å²) in [5.74, 6) is -0.957. The van der Waals surface area contributed by atoms with Crippen LogP contribution in [0.3, 0.4) is 0 Å². The van der Waals surface area contributed by atoms with Gasteiger partial charge < -0.3 is 10.8 Å². The quantitative estimate of drug-likeness (QED) is 0.717. The van der Waals surface area contributed by atoms with Crippen molar-refractivity contribution in [2.45, 2.75) is 13.0 Å². The zero-order valence-electron chi connectivity index (χ0n) is 8.03. The number of aromatic carboxylic acids is 1. The van der Waals surface area contributed by atoms with Gasteiger partial charge in [-0.2, -0.15) is 0 Å². The molecule has 0 bridgehead atoms. The minimum atomic E-state index is -0.957. The highest BCUT2D eigenvalue weighted by Crippen LogP contribution is 2.18. The Hall–Kier alpha value is -1.61. The van der Waals surface area contributed by atoms with Crippen LogP contribution < -0.4 is 5.73 Å². The van der Waals surface area contributed by atoms with E-state index in [0.29, 0.717) is 5.56 Å². The Kier molecular flexibility index (Phi) is 3.04. The Morgan fingerprint density at radius 3 is 2.79 bits per heavy atom. The van der Waals surface area contributed by atoms with Gasteiger partial charge in [-0.1, -0.05) is 23.8 Å². The van der Waals surface area contributed by atoms with E-state index in [1.807, 2.05) is 13.0 Å². The Morgan fingerprint density at radius 2 is 2.29 bits per heavy atom. The first-order chi connectivity index (χ1) is 6.56. The maximum atomic E-state index is 10.9. The summed E-state index contributed by atoms with van der Waals surface area (Å²) in [5.41, 5.74) is 7.45. The van der Waals surface area contributed by atoms with Gasteiger partial charge >= 0.3 is 5.97 Å². The number of rotatable bonds is 3. The van der Waals surface area contributed by atoms with Crippen LogP contribution in [-0.2, 0) is 0 Å². The van der Waals surface area contributed by atoms with E-state index in [1.165, 1.54) is 6.08 Å². The van der Waals surface area contributed by atoms with Crippen molar-refractivity contribution in [2.75, 3.05) is 0 Å². The van der Waals surface area contributed by atoms with E-state index in [9.17, 15) is 4.79 Å². The molecular weight excluding hydrogens is 178 g/mol. The summed E-state index contributed by atoms with van der Waals surface area (Å²) in [6.45, 7) is 5.38. The number of hydrogen-bond acceptors (Lipinski definition) is 2. The summed E-state index contributed by atoms with van der Waals surface area (Å²) >= 11 is 0. The lowest BCUT2D eigenvalue weighted by molar-refractivity contribution is 0.0695. The highest BCUT2D eigenvalue weighted by Gasteiger charge is 2.13. The fourth-order valence-corrected chi connectivity index (χ4v) is 1.27. The zero-order valence-corrected chi connectivity index (χ0v) is 8.03. The molecule has 0 spiro atoms. The van der Waals surface area contributed by atoms with Crippen LogP contribution in [0.5, 0.6) is 0 Å². The molecule has 0 unspecified atom stereocenters. The van der Waals surface area contributed by atoms with Crippen molar-refractivity contribution in [1.29, 1.82) is 0 Å². The predicted octanol–water partition coefficient (Wildman–Crippen LogP) is 1.88. The largest absolute Gasteiger partial charge is 0.478 e. The van der Waals surface area contributed by atoms with Gasteiger partial charge in [0.1, 0.15) is 0 Å². The van der Waals surface area contributed by atoms with Gasteiger partial charge in [0.15, 0.2) is 0 Å². The second kappa shape index (κ2) is 4.07. The molecule has 0 fully saturated rings. The molecule has 3 nitrogen and oxygen atoms in total. The van der Waals surface area contributed by atoms with Gasteiger partial charge in [-0.05, 0) is 18.6 Å². The molecule has 0 aliphatic rings. The van der Waals surface area contributed by atoms with Crippen LogP contribution in [0, 0.1) is 6.92 Å². The Balaban J connectivity index is 3.28. The van der Waals surface area contributed by atoms with E-state index < -0.39 is 12.0 Å². The summed E-state index contributed by atoms with van der Waals surface area (Å²) in [4.78, 5) is 10.9. The maximum Gasteiger partial charge on any atom is 0.336 e. The van der Waals surface area contributed by atoms with Crippen molar-refractivity contribution in [3.63, 3.8) is 0 Å². The third kappa shape index (κ3) is 2.00. The lowest BCUT2D eigenvalue weighted by atomic mass is 9.99. The number of hydrogen-bond donors (Lipinski definition) is 2. The number of carboxylic acid groups (broad SMARTS) is 1. The molecule has 3 N–H and O–H groups in total. The molecule has 0 aliphatic carbocycles. The number of carbonyl (C=O) groups is 1. The monoisotopic (exact) mass is 191 g/mol. The lowest BCUT2D eigenvalue weighted by Gasteiger charge is -2.10. The number of carboxylic acids is 1. The first kappa shape index (κ1) is 10.5. The van der Waals surface area contributed by atoms with Gasteiger partial charge in [0, 0.05) is 6.04 Å². The smallest absolute Gasteiger partial charge is 0.336 e. The molecule has 0 heterocycles. The van der Waals surface area contributed by atoms with E-state index >= 15 is 0 Å². The van der Waals surface area contributed by atoms with Crippen LogP contribution in [0.1, 0.15) is 27.5 Å². The van der Waals surface area contributed by atoms with E-state index in [4.69, 9.17) is 10.8 Å². The first-order valence-corrected chi connectivity index (χ1v) is 4.28. The van der Waals surface area contributed by atoms with Gasteiger partial charge in [-0.3, -0.25) is 0 Å². The summed E-state index contributed by atoms with van der Waals surface area (Å²) in [6, 6.07) is 4.75. The van der Waals surface area contributed by atoms with Crippen LogP contribution in [0.25, 0.3) is 0 Å². The molecule has 0 radical (unpaired) electrons. The molecular formula is C11H13NO2. The topological polar surface area (TPSA) is 63.3 Å². The molecule has 3 heteroatoms. The van der Waals surface area contributed by atoms with Gasteiger partial charge in [-0.15, -0.1) is 6.58 Å². The fraction of sp³-hybridized carbons (Fsp3) is 0.182. The Morgan fingerprint density at radius 1 is 1.64 bits per heavy atom. The summed E-state index contributed by atoms with van der Waals surface area (Å²) in [7, 11) is 0. The standard InChI is InChI=1S/C11H13NO2/c1-3-10(12)8-5-4-7(2)6-9(8)11(13)14/h3-6,10H,1,12H2,2H3,(H,13,14)/t10-/m1/s1. The minimum Gasteiger partial charge on any atom is -0.478 e. The van der Waals surface area contributed by atoms with Crippen LogP contribution in [-0.4, -0.2) is 11.1 Å². The molecule has 0 aromatic heterocycles. The van der Waals surface area contributed by atoms with Crippen LogP contribution in [0.4, 0.5) is 0 Å². The summed E-state index contributed by atoms with van der Waals surface area (Å²) in [5, 5.41) is 8.94. The number of aryl methyl sites for hydroxylation is 1. The molecule has 14 heavy (non-hydrogen) atoms. The SMILES string of the molecule is C=C[C@@H](N)c1ccc(C)cc1C(=O)O. The van der Waals surface area contributed by atoms with Gasteiger partial charge in [0.05, 0.1) is 5.56 Å². The third-order valence-corrected chi connectivity index (χ3v) is 2.05. The van der Waals surface area contributed by atoms with Gasteiger partial charge in [0.25, 0.3) is 0 Å². The highest BCUT2D eigenvalue weighted by atomic mass is 16.4. The molecule has 74 valence electrons. The third-order valence-electron chi connectivity index (χ3n) is 2.05. The van der Waals surface area contributed by atoms with Gasteiger partial charge in [-0.25, -0.2) is 4.79 Å². The summed E-state index contributed by atoms with van der Waals surface area (Å²) in [6.07, 6.45) is 1.52. The van der Waals surface area contributed by atoms with Crippen LogP contribution in [0.2, 0.25) is 0 Å². The van der Waals surface area contributed by atoms with Crippen LogP contribution >= 0.6 is 0 Å². The fourth-order valence-electron chi connectivity index (χ4n) is 1.27. The van der Waals surface area contributed by atoms with E-state index in [2.05, 4.69) is 6.58 Å². The maximum absolute atomic E-state index is 10.9. The highest BCUT2D eigenvalue weighted by molar-refractivity contribution is 5.90. The molecule has 0 saturated carbocycles. The van der Waals surface area contributed by atoms with E-state index in [0.717, 1.165) is 5.56 Å². The molecule has 0 saturated heterocycles. The minimum absolute atomic E-state index is 0.248. The number of benzene rings is 1. The molecule has 1 aromatic rings. The van der Waals surface area contributed by atoms with Crippen LogP contribution in [0.15, 0.2) is 30.9 Å². The predicted molar refractivity (Wildman–Crippen MR) is 55.3 cm³/mol. The normalized spacial score (nSPS) is 12.1. The Bertz CT molecular complexity index is 372. The molecule has 0 amide bonds. The molecule has 0 aliphatic heterocycles. The van der Waals surface area contributed by atoms with Crippen molar-refractivity contribution in [2.24, 2.45) is 5.73 Å². The van der Waals surface area contributed by atoms with Crippen molar-refractivity contribution >= 4 is 5.97 Å². The Labute approximate surface area is 82.9 Å². The van der Waals surface area contributed by atoms with Crippen molar-refractivity contribution in [3.8, 4) is 0 Å². The van der Waals surface area contributed by atoms with Crippen molar-refractivity contribution in [1.82, 2.24) is 0 Å². The van der Waals surface area contributed by atoms with E-state index in [1.54, 1.807) is 12.1 Å². The van der Waals surface area contributed by atoms with Crippen molar-refractivity contribution in [3.05, 3.63) is 47.5 Å². The first-order valence-electron chi connectivity index (χ1n) is 4.28. The molecule has 1 rings (SSSR count). The molecule has 1 aromatic carbocycles. The zero-order chi connectivity index (χ0) is 10.7. The second-order valence-electron chi connectivity index (χ2n) is 3.16. The average Bonchev–Trinajstić information content (AvgIpc) is 2.16. The average molecular weight is 191 g/mol.